The summed E-state index contributed by atoms with van der Waals surface area (Å²) in [6, 6.07) is 8.71. The van der Waals surface area contributed by atoms with Crippen molar-refractivity contribution in [3.63, 3.8) is 0 Å². The number of benzene rings is 3. The molecule has 0 saturated carbocycles. The average Bonchev–Trinajstić information content (AvgIpc) is 3.68. The second-order valence-corrected chi connectivity index (χ2v) is 14.6. The fourth-order valence-corrected chi connectivity index (χ4v) is 9.56. The molecular weight excluding hydrogens is 635 g/mol. The smallest absolute Gasteiger partial charge is 0.319 e. The first-order valence-electron chi connectivity index (χ1n) is 17.4. The van der Waals surface area contributed by atoms with E-state index in [1.54, 1.807) is 13.2 Å². The van der Waals surface area contributed by atoms with Crippen molar-refractivity contribution < 1.29 is 32.5 Å². The monoisotopic (exact) mass is 675 g/mol. The van der Waals surface area contributed by atoms with E-state index in [4.69, 9.17) is 19.2 Å². The SMILES string of the molecule is CCc1cccc2cc(O)cc(-c3c(F)c4c5c(nc(OC[C@@]67C[C@@H](F)CN6C[C@@H](COC)C7)nc5c3F)N3CC5CCC(N5)C3CO4)c12. The van der Waals surface area contributed by atoms with Gasteiger partial charge in [0.15, 0.2) is 17.4 Å². The predicted octanol–water partition coefficient (Wildman–Crippen LogP) is 5.53. The lowest BCUT2D eigenvalue weighted by atomic mass is 9.90. The van der Waals surface area contributed by atoms with Crippen LogP contribution in [-0.4, -0.2) is 96.4 Å². The number of phenolic OH excluding ortho intramolecular Hbond substituents is 1. The number of halogens is 3. The number of aromatic nitrogens is 2. The molecule has 2 bridgehead atoms. The minimum Gasteiger partial charge on any atom is -0.508 e. The second kappa shape index (κ2) is 11.6. The van der Waals surface area contributed by atoms with Crippen LogP contribution in [0.15, 0.2) is 30.3 Å². The number of hydrogen-bond donors (Lipinski definition) is 2. The van der Waals surface area contributed by atoms with Crippen LogP contribution in [0.1, 0.15) is 38.2 Å². The van der Waals surface area contributed by atoms with Crippen molar-refractivity contribution in [2.75, 3.05) is 51.5 Å². The first kappa shape index (κ1) is 31.1. The number of nitrogens with one attached hydrogen (secondary N) is 1. The van der Waals surface area contributed by atoms with Gasteiger partial charge >= 0.3 is 6.01 Å². The molecule has 6 heterocycles. The summed E-state index contributed by atoms with van der Waals surface area (Å²) in [7, 11) is 1.67. The van der Waals surface area contributed by atoms with Gasteiger partial charge in [0.2, 0.25) is 0 Å². The molecule has 4 fully saturated rings. The summed E-state index contributed by atoms with van der Waals surface area (Å²) in [4.78, 5) is 13.7. The Morgan fingerprint density at radius 1 is 1.08 bits per heavy atom. The fourth-order valence-electron chi connectivity index (χ4n) is 9.56. The predicted molar refractivity (Wildman–Crippen MR) is 179 cm³/mol. The van der Waals surface area contributed by atoms with E-state index in [2.05, 4.69) is 20.1 Å². The van der Waals surface area contributed by atoms with Crippen LogP contribution in [-0.2, 0) is 11.2 Å². The summed E-state index contributed by atoms with van der Waals surface area (Å²) in [5.41, 5.74) is 0.123. The van der Waals surface area contributed by atoms with E-state index >= 15 is 8.78 Å². The molecule has 9 rings (SSSR count). The van der Waals surface area contributed by atoms with E-state index in [1.807, 2.05) is 25.1 Å². The molecule has 4 saturated heterocycles. The Morgan fingerprint density at radius 3 is 2.80 bits per heavy atom. The highest BCUT2D eigenvalue weighted by Crippen LogP contribution is 2.49. The lowest BCUT2D eigenvalue weighted by Crippen LogP contribution is -2.60. The van der Waals surface area contributed by atoms with Gasteiger partial charge in [-0.1, -0.05) is 25.1 Å². The van der Waals surface area contributed by atoms with Gasteiger partial charge in [-0.3, -0.25) is 4.90 Å². The molecule has 3 unspecified atom stereocenters. The Labute approximate surface area is 282 Å². The van der Waals surface area contributed by atoms with Crippen molar-refractivity contribution in [3.8, 4) is 28.6 Å². The first-order valence-corrected chi connectivity index (χ1v) is 17.4. The maximum Gasteiger partial charge on any atom is 0.319 e. The molecule has 1 aromatic heterocycles. The highest BCUT2D eigenvalue weighted by atomic mass is 19.1. The Morgan fingerprint density at radius 2 is 1.96 bits per heavy atom. The molecule has 9 nitrogen and oxygen atoms in total. The number of rotatable bonds is 7. The highest BCUT2D eigenvalue weighted by molar-refractivity contribution is 6.05. The molecule has 5 aliphatic rings. The minimum atomic E-state index is -0.973. The minimum absolute atomic E-state index is 0.0433. The number of aryl methyl sites for hydroxylation is 1. The van der Waals surface area contributed by atoms with Gasteiger partial charge in [-0.25, -0.2) is 13.2 Å². The summed E-state index contributed by atoms with van der Waals surface area (Å²) in [5.74, 6) is -1.33. The van der Waals surface area contributed by atoms with Crippen molar-refractivity contribution in [1.29, 1.82) is 0 Å². The maximum atomic E-state index is 17.3. The molecule has 0 amide bonds. The van der Waals surface area contributed by atoms with Gasteiger partial charge in [-0.2, -0.15) is 9.97 Å². The third kappa shape index (κ3) is 4.85. The van der Waals surface area contributed by atoms with Crippen LogP contribution in [0.2, 0.25) is 0 Å². The Bertz CT molecular complexity index is 1980. The standard InChI is InChI=1S/C37H40F3N5O4/c1-3-20-5-4-6-21-9-24(46)10-25(28(20)21)29-31(39)33-30-34(32(29)40)48-17-27-26-8-7-23(41-26)15-45(27)35(30)43-36(42-33)49-18-37-11-19(16-47-2)13-44(37)14-22(38)12-37/h4-6,9-10,19,22-23,26-27,41,46H,3,7-8,11-18H2,1-2H3/t19-,22+,23?,26?,27?,37+/m0/s1. The molecule has 5 aliphatic heterocycles. The number of aromatic hydroxyl groups is 1. The number of nitrogens with zero attached hydrogens (tertiary/aromatic N) is 4. The maximum absolute atomic E-state index is 17.3. The van der Waals surface area contributed by atoms with Crippen LogP contribution in [0.5, 0.6) is 17.5 Å². The van der Waals surface area contributed by atoms with E-state index in [0.29, 0.717) is 62.1 Å². The van der Waals surface area contributed by atoms with Crippen LogP contribution in [0.3, 0.4) is 0 Å². The number of methoxy groups -OCH3 is 1. The first-order chi connectivity index (χ1) is 23.8. The normalized spacial score (nSPS) is 28.9. The fraction of sp³-hybridized carbons (Fsp3) is 0.514. The number of fused-ring (bicyclic) bond motifs is 7. The van der Waals surface area contributed by atoms with E-state index in [1.165, 1.54) is 6.07 Å². The number of ether oxygens (including phenoxy) is 3. The van der Waals surface area contributed by atoms with Gasteiger partial charge in [0.1, 0.15) is 36.5 Å². The lowest BCUT2D eigenvalue weighted by Gasteiger charge is -2.40. The van der Waals surface area contributed by atoms with Crippen molar-refractivity contribution in [2.45, 2.75) is 68.9 Å². The molecule has 4 aromatic rings. The molecule has 3 aromatic carbocycles. The molecule has 0 radical (unpaired) electrons. The van der Waals surface area contributed by atoms with Crippen LogP contribution in [0.4, 0.5) is 19.0 Å². The van der Waals surface area contributed by atoms with Gasteiger partial charge in [-0.05, 0) is 65.6 Å². The van der Waals surface area contributed by atoms with Gasteiger partial charge in [0.25, 0.3) is 0 Å². The van der Waals surface area contributed by atoms with Crippen LogP contribution < -0.4 is 19.7 Å². The number of piperazine rings is 1. The van der Waals surface area contributed by atoms with Crippen molar-refractivity contribution in [2.24, 2.45) is 5.92 Å². The van der Waals surface area contributed by atoms with E-state index in [9.17, 15) is 9.50 Å². The summed E-state index contributed by atoms with van der Waals surface area (Å²) in [5, 5.41) is 15.9. The summed E-state index contributed by atoms with van der Waals surface area (Å²) in [6.45, 7) is 4.49. The second-order valence-electron chi connectivity index (χ2n) is 14.6. The largest absolute Gasteiger partial charge is 0.508 e. The molecule has 6 atom stereocenters. The summed E-state index contributed by atoms with van der Waals surface area (Å²) < 4.78 is 67.2. The van der Waals surface area contributed by atoms with Crippen molar-refractivity contribution in [3.05, 3.63) is 47.5 Å². The Hall–Kier alpha value is -3.87. The Balaban J connectivity index is 1.23. The lowest BCUT2D eigenvalue weighted by molar-refractivity contribution is 0.107. The van der Waals surface area contributed by atoms with E-state index < -0.39 is 23.3 Å². The molecule has 2 N–H and O–H groups in total. The zero-order chi connectivity index (χ0) is 33.6. The molecule has 49 heavy (non-hydrogen) atoms. The van der Waals surface area contributed by atoms with Crippen LogP contribution >= 0.6 is 0 Å². The van der Waals surface area contributed by atoms with Crippen LogP contribution in [0.25, 0.3) is 32.8 Å². The molecule has 258 valence electrons. The van der Waals surface area contributed by atoms with Gasteiger partial charge in [0.05, 0.1) is 29.1 Å². The van der Waals surface area contributed by atoms with Crippen LogP contribution in [0, 0.1) is 17.6 Å². The average molecular weight is 676 g/mol. The van der Waals surface area contributed by atoms with Gasteiger partial charge in [-0.15, -0.1) is 0 Å². The zero-order valence-electron chi connectivity index (χ0n) is 27.6. The Kier molecular flexibility index (Phi) is 7.37. The number of hydrogen-bond acceptors (Lipinski definition) is 9. The molecule has 0 aliphatic carbocycles. The third-order valence-electron chi connectivity index (χ3n) is 11.6. The van der Waals surface area contributed by atoms with E-state index in [-0.39, 0.29) is 76.8 Å². The molecule has 0 spiro atoms. The summed E-state index contributed by atoms with van der Waals surface area (Å²) >= 11 is 0. The highest BCUT2D eigenvalue weighted by Gasteiger charge is 2.53. The van der Waals surface area contributed by atoms with Crippen molar-refractivity contribution in [1.82, 2.24) is 20.2 Å². The quantitative estimate of drug-likeness (QED) is 0.263. The third-order valence-corrected chi connectivity index (χ3v) is 11.6. The topological polar surface area (TPSA) is 92.2 Å². The molecular formula is C37H40F3N5O4. The summed E-state index contributed by atoms with van der Waals surface area (Å²) in [6.07, 6.45) is 2.60. The number of alkyl halides is 1. The van der Waals surface area contributed by atoms with Gasteiger partial charge in [0, 0.05) is 45.2 Å². The van der Waals surface area contributed by atoms with Gasteiger partial charge < -0.3 is 29.5 Å². The zero-order valence-corrected chi connectivity index (χ0v) is 27.6. The molecule has 12 heteroatoms. The van der Waals surface area contributed by atoms with E-state index in [0.717, 1.165) is 18.4 Å². The number of phenols is 1. The van der Waals surface area contributed by atoms with Crippen molar-refractivity contribution >= 4 is 27.5 Å². The number of anilines is 1.